The van der Waals surface area contributed by atoms with Gasteiger partial charge in [-0.3, -0.25) is 4.79 Å². The van der Waals surface area contributed by atoms with E-state index >= 15 is 0 Å². The van der Waals surface area contributed by atoms with Crippen molar-refractivity contribution >= 4 is 5.97 Å². The molecule has 4 bridgehead atoms. The van der Waals surface area contributed by atoms with Gasteiger partial charge in [0.15, 0.2) is 0 Å². The quantitative estimate of drug-likeness (QED) is 0.567. The summed E-state index contributed by atoms with van der Waals surface area (Å²) in [5.74, 6) is 4.61. The summed E-state index contributed by atoms with van der Waals surface area (Å²) in [4.78, 5) is 12.8. The van der Waals surface area contributed by atoms with Crippen molar-refractivity contribution in [2.24, 2.45) is 40.9 Å². The molecule has 5 rings (SSSR count). The molecule has 2 heteroatoms. The highest BCUT2D eigenvalue weighted by molar-refractivity contribution is 5.78. The molecule has 0 spiro atoms. The average molecular weight is 286 g/mol. The number of carbonyl (C=O) groups excluding carboxylic acids is 1. The van der Waals surface area contributed by atoms with E-state index < -0.39 is 0 Å². The minimum atomic E-state index is -0.226. The standard InChI is InChI=1S/C19H26O2/c1-19(10-11-5-6-13(19)7-11)18(20)21-17-9-12-8-16(17)15-4-2-3-14(12)15/h5-6,11-17H,2-4,7-10H2,1H3. The number of ether oxygens (including phenoxy) is 1. The van der Waals surface area contributed by atoms with Crippen LogP contribution in [0.25, 0.3) is 0 Å². The zero-order valence-corrected chi connectivity index (χ0v) is 13.0. The summed E-state index contributed by atoms with van der Waals surface area (Å²) >= 11 is 0. The highest BCUT2D eigenvalue weighted by atomic mass is 16.5. The summed E-state index contributed by atoms with van der Waals surface area (Å²) in [6.45, 7) is 2.15. The maximum absolute atomic E-state index is 12.8. The molecule has 5 aliphatic rings. The Hall–Kier alpha value is -0.790. The van der Waals surface area contributed by atoms with Crippen LogP contribution in [-0.4, -0.2) is 12.1 Å². The summed E-state index contributed by atoms with van der Waals surface area (Å²) in [5.41, 5.74) is -0.226. The molecule has 0 amide bonds. The molecule has 4 saturated carbocycles. The Bertz CT molecular complexity index is 510. The number of fused-ring (bicyclic) bond motifs is 7. The molecule has 21 heavy (non-hydrogen) atoms. The first-order valence-corrected chi connectivity index (χ1v) is 9.04. The number of rotatable bonds is 2. The molecule has 0 N–H and O–H groups in total. The highest BCUT2D eigenvalue weighted by Gasteiger charge is 2.57. The van der Waals surface area contributed by atoms with Gasteiger partial charge in [0.1, 0.15) is 6.10 Å². The monoisotopic (exact) mass is 286 g/mol. The lowest BCUT2D eigenvalue weighted by Crippen LogP contribution is -2.39. The Balaban J connectivity index is 1.31. The van der Waals surface area contributed by atoms with E-state index in [0.717, 1.165) is 30.6 Å². The van der Waals surface area contributed by atoms with Crippen LogP contribution >= 0.6 is 0 Å². The molecule has 0 aromatic rings. The van der Waals surface area contributed by atoms with Crippen molar-refractivity contribution in [1.29, 1.82) is 0 Å². The van der Waals surface area contributed by atoms with Crippen LogP contribution in [0.2, 0.25) is 0 Å². The molecule has 8 unspecified atom stereocenters. The van der Waals surface area contributed by atoms with E-state index in [1.807, 2.05) is 0 Å². The zero-order valence-electron chi connectivity index (χ0n) is 13.0. The molecule has 0 aliphatic heterocycles. The molecule has 0 aromatic heterocycles. The number of allylic oxidation sites excluding steroid dienone is 2. The first-order valence-electron chi connectivity index (χ1n) is 9.04. The average Bonchev–Trinajstić information content (AvgIpc) is 3.22. The fourth-order valence-electron chi connectivity index (χ4n) is 6.74. The van der Waals surface area contributed by atoms with Gasteiger partial charge < -0.3 is 4.74 Å². The van der Waals surface area contributed by atoms with Crippen LogP contribution in [0.3, 0.4) is 0 Å². The Morgan fingerprint density at radius 2 is 1.95 bits per heavy atom. The maximum Gasteiger partial charge on any atom is 0.312 e. The van der Waals surface area contributed by atoms with Gasteiger partial charge in [-0.05, 0) is 81.0 Å². The molecule has 5 aliphatic carbocycles. The Kier molecular flexibility index (Phi) is 2.51. The van der Waals surface area contributed by atoms with E-state index in [-0.39, 0.29) is 17.5 Å². The van der Waals surface area contributed by atoms with Crippen LogP contribution in [0.4, 0.5) is 0 Å². The second-order valence-electron chi connectivity index (χ2n) is 8.71. The van der Waals surface area contributed by atoms with Gasteiger partial charge in [0.25, 0.3) is 0 Å². The predicted octanol–water partition coefficient (Wildman–Crippen LogP) is 3.96. The van der Waals surface area contributed by atoms with E-state index in [4.69, 9.17) is 4.74 Å². The second-order valence-corrected chi connectivity index (χ2v) is 8.71. The second kappa shape index (κ2) is 4.14. The van der Waals surface area contributed by atoms with Crippen molar-refractivity contribution in [3.63, 3.8) is 0 Å². The van der Waals surface area contributed by atoms with Gasteiger partial charge in [0, 0.05) is 0 Å². The Morgan fingerprint density at radius 1 is 1.10 bits per heavy atom. The molecular weight excluding hydrogens is 260 g/mol. The van der Waals surface area contributed by atoms with Gasteiger partial charge in [0.05, 0.1) is 5.41 Å². The SMILES string of the molecule is CC1(C(=O)OC2CC3CC2C2CCCC32)CC2C=CC1C2. The minimum Gasteiger partial charge on any atom is -0.462 e. The number of hydrogen-bond acceptors (Lipinski definition) is 2. The predicted molar refractivity (Wildman–Crippen MR) is 80.4 cm³/mol. The van der Waals surface area contributed by atoms with Crippen molar-refractivity contribution in [3.05, 3.63) is 12.2 Å². The Morgan fingerprint density at radius 3 is 2.71 bits per heavy atom. The summed E-state index contributed by atoms with van der Waals surface area (Å²) < 4.78 is 6.12. The first-order chi connectivity index (χ1) is 10.1. The smallest absolute Gasteiger partial charge is 0.312 e. The van der Waals surface area contributed by atoms with Gasteiger partial charge in [-0.1, -0.05) is 18.6 Å². The lowest BCUT2D eigenvalue weighted by atomic mass is 9.77. The van der Waals surface area contributed by atoms with Crippen molar-refractivity contribution in [1.82, 2.24) is 0 Å². The number of hydrogen-bond donors (Lipinski definition) is 0. The highest BCUT2D eigenvalue weighted by Crippen LogP contribution is 2.60. The third-order valence-corrected chi connectivity index (χ3v) is 7.77. The van der Waals surface area contributed by atoms with Crippen LogP contribution in [0.1, 0.15) is 51.9 Å². The van der Waals surface area contributed by atoms with Crippen LogP contribution in [0.5, 0.6) is 0 Å². The third kappa shape index (κ3) is 1.62. The fraction of sp³-hybridized carbons (Fsp3) is 0.842. The third-order valence-electron chi connectivity index (χ3n) is 7.77. The minimum absolute atomic E-state index is 0.117. The molecule has 2 nitrogen and oxygen atoms in total. The van der Waals surface area contributed by atoms with E-state index in [9.17, 15) is 4.79 Å². The topological polar surface area (TPSA) is 26.3 Å². The van der Waals surface area contributed by atoms with Gasteiger partial charge in [-0.15, -0.1) is 0 Å². The van der Waals surface area contributed by atoms with Gasteiger partial charge in [0.2, 0.25) is 0 Å². The first kappa shape index (κ1) is 12.7. The molecule has 114 valence electrons. The largest absolute Gasteiger partial charge is 0.462 e. The van der Waals surface area contributed by atoms with E-state index in [2.05, 4.69) is 19.1 Å². The Labute approximate surface area is 127 Å². The molecule has 4 fully saturated rings. The van der Waals surface area contributed by atoms with Gasteiger partial charge in [-0.2, -0.15) is 0 Å². The van der Waals surface area contributed by atoms with E-state index in [1.54, 1.807) is 0 Å². The lowest BCUT2D eigenvalue weighted by Gasteiger charge is -2.35. The van der Waals surface area contributed by atoms with Crippen molar-refractivity contribution in [3.8, 4) is 0 Å². The molecule has 0 saturated heterocycles. The summed E-state index contributed by atoms with van der Waals surface area (Å²) in [6, 6.07) is 0. The van der Waals surface area contributed by atoms with Crippen LogP contribution in [0.15, 0.2) is 12.2 Å². The van der Waals surface area contributed by atoms with E-state index in [0.29, 0.717) is 17.8 Å². The molecule has 0 radical (unpaired) electrons. The lowest BCUT2D eigenvalue weighted by molar-refractivity contribution is -0.166. The summed E-state index contributed by atoms with van der Waals surface area (Å²) in [6.07, 6.45) is 13.8. The van der Waals surface area contributed by atoms with Crippen LogP contribution in [0, 0.1) is 40.9 Å². The normalized spacial score (nSPS) is 56.1. The molecular formula is C19H26O2. The maximum atomic E-state index is 12.8. The van der Waals surface area contributed by atoms with Crippen molar-refractivity contribution < 1.29 is 9.53 Å². The van der Waals surface area contributed by atoms with Gasteiger partial charge in [-0.25, -0.2) is 0 Å². The molecule has 8 atom stereocenters. The van der Waals surface area contributed by atoms with Gasteiger partial charge >= 0.3 is 5.97 Å². The molecule has 0 heterocycles. The summed E-state index contributed by atoms with van der Waals surface area (Å²) in [5, 5.41) is 0. The zero-order chi connectivity index (χ0) is 14.2. The fourth-order valence-corrected chi connectivity index (χ4v) is 6.74. The van der Waals surface area contributed by atoms with Crippen LogP contribution in [-0.2, 0) is 9.53 Å². The summed E-state index contributed by atoms with van der Waals surface area (Å²) in [7, 11) is 0. The van der Waals surface area contributed by atoms with Crippen LogP contribution < -0.4 is 0 Å². The number of esters is 1. The van der Waals surface area contributed by atoms with E-state index in [1.165, 1.54) is 32.1 Å². The van der Waals surface area contributed by atoms with Crippen molar-refractivity contribution in [2.75, 3.05) is 0 Å². The van der Waals surface area contributed by atoms with Crippen molar-refractivity contribution in [2.45, 2.75) is 58.0 Å². The molecule has 0 aromatic carbocycles. The number of carbonyl (C=O) groups is 1.